The van der Waals surface area contributed by atoms with Crippen molar-refractivity contribution in [3.63, 3.8) is 0 Å². The molecule has 0 fully saturated rings. The topological polar surface area (TPSA) is 78.5 Å². The van der Waals surface area contributed by atoms with Gasteiger partial charge in [0, 0.05) is 23.6 Å². The summed E-state index contributed by atoms with van der Waals surface area (Å²) in [6, 6.07) is 10.2. The van der Waals surface area contributed by atoms with Crippen LogP contribution in [0.1, 0.15) is 20.8 Å². The average molecular weight is 385 g/mol. The Morgan fingerprint density at radius 3 is 2.61 bits per heavy atom. The molecule has 1 aromatic heterocycles. The Hall–Kier alpha value is -3.22. The van der Waals surface area contributed by atoms with Gasteiger partial charge in [-0.15, -0.1) is 0 Å². The number of hydrogen-bond donors (Lipinski definition) is 2. The first kappa shape index (κ1) is 19.5. The van der Waals surface area contributed by atoms with Crippen molar-refractivity contribution in [1.82, 2.24) is 4.57 Å². The van der Waals surface area contributed by atoms with E-state index < -0.39 is 11.9 Å². The highest BCUT2D eigenvalue weighted by Crippen LogP contribution is 2.38. The fraction of sp³-hybridized carbons (Fsp3) is 0.286. The summed E-state index contributed by atoms with van der Waals surface area (Å²) in [6.45, 7) is 6.09. The standard InChI is InChI=1S/C21H24FN3O3/c1-5-25-18-11-14(27-4)7-8-15(18)19(23)20(25)13-6-9-17(16(22)10-13)24-21(26)28-12(2)3/h6-12H,5,23H2,1-4H3,(H,24,26). The Labute approximate surface area is 163 Å². The van der Waals surface area contributed by atoms with Crippen LogP contribution in [0, 0.1) is 5.82 Å². The smallest absolute Gasteiger partial charge is 0.411 e. The zero-order valence-corrected chi connectivity index (χ0v) is 16.4. The molecule has 0 saturated heterocycles. The molecule has 7 heteroatoms. The average Bonchev–Trinajstić information content (AvgIpc) is 2.94. The number of aryl methyl sites for hydroxylation is 1. The van der Waals surface area contributed by atoms with Crippen molar-refractivity contribution in [3.05, 3.63) is 42.2 Å². The fourth-order valence-corrected chi connectivity index (χ4v) is 3.24. The molecule has 3 N–H and O–H groups in total. The lowest BCUT2D eigenvalue weighted by atomic mass is 10.1. The van der Waals surface area contributed by atoms with Gasteiger partial charge in [-0.1, -0.05) is 6.07 Å². The number of fused-ring (bicyclic) bond motifs is 1. The number of nitrogens with two attached hydrogens (primary N) is 1. The largest absolute Gasteiger partial charge is 0.497 e. The van der Waals surface area contributed by atoms with E-state index in [0.717, 1.165) is 22.3 Å². The highest BCUT2D eigenvalue weighted by Gasteiger charge is 2.18. The van der Waals surface area contributed by atoms with Crippen LogP contribution in [0.25, 0.3) is 22.2 Å². The summed E-state index contributed by atoms with van der Waals surface area (Å²) in [6.07, 6.45) is -0.990. The quantitative estimate of drug-likeness (QED) is 0.647. The molecule has 3 aromatic rings. The van der Waals surface area contributed by atoms with Gasteiger partial charge in [-0.05, 0) is 45.0 Å². The second kappa shape index (κ2) is 7.80. The molecular weight excluding hydrogens is 361 g/mol. The van der Waals surface area contributed by atoms with Crippen LogP contribution in [0.3, 0.4) is 0 Å². The fourth-order valence-electron chi connectivity index (χ4n) is 3.24. The molecule has 0 saturated carbocycles. The van der Waals surface area contributed by atoms with E-state index >= 15 is 0 Å². The van der Waals surface area contributed by atoms with Gasteiger partial charge in [0.05, 0.1) is 35.8 Å². The van der Waals surface area contributed by atoms with Gasteiger partial charge < -0.3 is 19.8 Å². The molecule has 0 aliphatic carbocycles. The number of methoxy groups -OCH3 is 1. The van der Waals surface area contributed by atoms with Gasteiger partial charge in [0.15, 0.2) is 0 Å². The molecule has 148 valence electrons. The first-order valence-electron chi connectivity index (χ1n) is 9.09. The van der Waals surface area contributed by atoms with Gasteiger partial charge >= 0.3 is 6.09 Å². The summed E-state index contributed by atoms with van der Waals surface area (Å²) in [5, 5.41) is 3.29. The van der Waals surface area contributed by atoms with E-state index in [9.17, 15) is 9.18 Å². The van der Waals surface area contributed by atoms with Crippen LogP contribution in [0.2, 0.25) is 0 Å². The Balaban J connectivity index is 2.04. The number of aromatic nitrogens is 1. The number of ether oxygens (including phenoxy) is 2. The molecular formula is C21H24FN3O3. The predicted octanol–water partition coefficient (Wildman–Crippen LogP) is 5.02. The minimum atomic E-state index is -0.698. The van der Waals surface area contributed by atoms with E-state index in [1.54, 1.807) is 27.0 Å². The van der Waals surface area contributed by atoms with Crippen LogP contribution < -0.4 is 15.8 Å². The highest BCUT2D eigenvalue weighted by atomic mass is 19.1. The van der Waals surface area contributed by atoms with Crippen LogP contribution in [-0.4, -0.2) is 23.9 Å². The number of hydrogen-bond acceptors (Lipinski definition) is 4. The highest BCUT2D eigenvalue weighted by molar-refractivity contribution is 6.01. The van der Waals surface area contributed by atoms with E-state index in [2.05, 4.69) is 5.32 Å². The Morgan fingerprint density at radius 2 is 2.00 bits per heavy atom. The molecule has 1 amide bonds. The number of nitrogens with one attached hydrogen (secondary N) is 1. The number of carbonyl (C=O) groups is 1. The number of nitrogen functional groups attached to an aromatic ring is 1. The third-order valence-electron chi connectivity index (χ3n) is 4.45. The second-order valence-corrected chi connectivity index (χ2v) is 6.66. The molecule has 2 aromatic carbocycles. The summed E-state index contributed by atoms with van der Waals surface area (Å²) >= 11 is 0. The molecule has 0 aliphatic heterocycles. The third-order valence-corrected chi connectivity index (χ3v) is 4.45. The van der Waals surface area contributed by atoms with Crippen molar-refractivity contribution in [3.8, 4) is 17.0 Å². The number of rotatable bonds is 5. The lowest BCUT2D eigenvalue weighted by Crippen LogP contribution is -2.18. The molecule has 6 nitrogen and oxygen atoms in total. The van der Waals surface area contributed by atoms with E-state index in [1.807, 2.05) is 29.7 Å². The van der Waals surface area contributed by atoms with Crippen molar-refractivity contribution in [2.24, 2.45) is 0 Å². The first-order valence-corrected chi connectivity index (χ1v) is 9.09. The second-order valence-electron chi connectivity index (χ2n) is 6.66. The van der Waals surface area contributed by atoms with Crippen LogP contribution in [0.15, 0.2) is 36.4 Å². The number of nitrogens with zero attached hydrogens (tertiary/aromatic N) is 1. The SMILES string of the molecule is CCn1c(-c2ccc(NC(=O)OC(C)C)c(F)c2)c(N)c2ccc(OC)cc21. The minimum absolute atomic E-state index is 0.0498. The van der Waals surface area contributed by atoms with Crippen LogP contribution in [0.5, 0.6) is 5.75 Å². The van der Waals surface area contributed by atoms with Crippen LogP contribution >= 0.6 is 0 Å². The van der Waals surface area contributed by atoms with Crippen molar-refractivity contribution < 1.29 is 18.7 Å². The van der Waals surface area contributed by atoms with Gasteiger partial charge in [0.1, 0.15) is 11.6 Å². The zero-order chi connectivity index (χ0) is 20.4. The monoisotopic (exact) mass is 385 g/mol. The number of benzene rings is 2. The summed E-state index contributed by atoms with van der Waals surface area (Å²) in [5.74, 6) is 0.156. The Kier molecular flexibility index (Phi) is 5.44. The van der Waals surface area contributed by atoms with Gasteiger partial charge in [0.25, 0.3) is 0 Å². The van der Waals surface area contributed by atoms with E-state index in [4.69, 9.17) is 15.2 Å². The van der Waals surface area contributed by atoms with Gasteiger partial charge in [-0.25, -0.2) is 9.18 Å². The zero-order valence-electron chi connectivity index (χ0n) is 16.4. The summed E-state index contributed by atoms with van der Waals surface area (Å²) in [4.78, 5) is 11.7. The van der Waals surface area contributed by atoms with E-state index in [-0.39, 0.29) is 11.8 Å². The molecule has 3 rings (SSSR count). The minimum Gasteiger partial charge on any atom is -0.497 e. The normalized spacial score (nSPS) is 11.1. The van der Waals surface area contributed by atoms with Crippen molar-refractivity contribution in [1.29, 1.82) is 0 Å². The van der Waals surface area contributed by atoms with E-state index in [0.29, 0.717) is 17.8 Å². The maximum atomic E-state index is 14.6. The van der Waals surface area contributed by atoms with Crippen molar-refractivity contribution in [2.75, 3.05) is 18.2 Å². The maximum absolute atomic E-state index is 14.6. The first-order chi connectivity index (χ1) is 13.3. The predicted molar refractivity (Wildman–Crippen MR) is 109 cm³/mol. The molecule has 0 atom stereocenters. The van der Waals surface area contributed by atoms with Crippen LogP contribution in [0.4, 0.5) is 20.6 Å². The van der Waals surface area contributed by atoms with Crippen molar-refractivity contribution in [2.45, 2.75) is 33.4 Å². The van der Waals surface area contributed by atoms with Gasteiger partial charge in [-0.2, -0.15) is 0 Å². The molecule has 1 heterocycles. The van der Waals surface area contributed by atoms with Crippen LogP contribution in [-0.2, 0) is 11.3 Å². The lowest BCUT2D eigenvalue weighted by Gasteiger charge is -2.13. The number of carbonyl (C=O) groups excluding carboxylic acids is 1. The van der Waals surface area contributed by atoms with Gasteiger partial charge in [-0.3, -0.25) is 5.32 Å². The molecule has 0 bridgehead atoms. The Morgan fingerprint density at radius 1 is 1.25 bits per heavy atom. The molecule has 0 radical (unpaired) electrons. The Bertz CT molecular complexity index is 1030. The summed E-state index contributed by atoms with van der Waals surface area (Å²) < 4.78 is 26.9. The summed E-state index contributed by atoms with van der Waals surface area (Å²) in [7, 11) is 1.61. The number of halogens is 1. The summed E-state index contributed by atoms with van der Waals surface area (Å²) in [5.41, 5.74) is 9.26. The molecule has 0 unspecified atom stereocenters. The van der Waals surface area contributed by atoms with Gasteiger partial charge in [0.2, 0.25) is 0 Å². The lowest BCUT2D eigenvalue weighted by molar-refractivity contribution is 0.130. The molecule has 28 heavy (non-hydrogen) atoms. The number of anilines is 2. The van der Waals surface area contributed by atoms with Crippen molar-refractivity contribution >= 4 is 28.4 Å². The molecule has 0 aliphatic rings. The number of amides is 1. The maximum Gasteiger partial charge on any atom is 0.411 e. The molecule has 0 spiro atoms. The third kappa shape index (κ3) is 3.60. The van der Waals surface area contributed by atoms with E-state index in [1.165, 1.54) is 12.1 Å².